The number of rotatable bonds is 6. The average Bonchev–Trinajstić information content (AvgIpc) is 3.29. The Hall–Kier alpha value is -3.29. The van der Waals surface area contributed by atoms with Gasteiger partial charge in [0.1, 0.15) is 12.4 Å². The molecule has 0 saturated carbocycles. The van der Waals surface area contributed by atoms with Gasteiger partial charge >= 0.3 is 0 Å². The Morgan fingerprint density at radius 1 is 1.33 bits per heavy atom. The van der Waals surface area contributed by atoms with E-state index in [2.05, 4.69) is 11.6 Å². The van der Waals surface area contributed by atoms with Crippen molar-refractivity contribution in [3.8, 4) is 28.5 Å². The number of phenolic OH excluding ortho intramolecular Hbond substituents is 1. The molecule has 0 saturated heterocycles. The largest absolute Gasteiger partial charge is 0.503 e. The van der Waals surface area contributed by atoms with Crippen LogP contribution in [0.1, 0.15) is 5.56 Å². The highest BCUT2D eigenvalue weighted by Crippen LogP contribution is 2.35. The van der Waals surface area contributed by atoms with Crippen molar-refractivity contribution in [1.29, 1.82) is 0 Å². The molecule has 30 heavy (non-hydrogen) atoms. The zero-order valence-electron chi connectivity index (χ0n) is 16.0. The number of thiazole rings is 1. The molecular formula is C22H17ClN2O4S. The lowest BCUT2D eigenvalue weighted by molar-refractivity contribution is 0.363. The number of halogens is 1. The summed E-state index contributed by atoms with van der Waals surface area (Å²) >= 11 is 7.31. The number of hydrogen-bond acceptors (Lipinski definition) is 6. The van der Waals surface area contributed by atoms with Crippen LogP contribution in [0.15, 0.2) is 60.0 Å². The quantitative estimate of drug-likeness (QED) is 0.460. The molecule has 152 valence electrons. The number of imidazole rings is 1. The molecule has 0 amide bonds. The second-order valence-electron chi connectivity index (χ2n) is 6.38. The maximum absolute atomic E-state index is 12.8. The Morgan fingerprint density at radius 3 is 2.90 bits per heavy atom. The van der Waals surface area contributed by atoms with E-state index in [1.807, 2.05) is 24.3 Å². The average molecular weight is 441 g/mol. The lowest BCUT2D eigenvalue weighted by Crippen LogP contribution is -2.22. The molecule has 0 spiro atoms. The highest BCUT2D eigenvalue weighted by molar-refractivity contribution is 7.15. The third-order valence-corrected chi connectivity index (χ3v) is 5.64. The van der Waals surface area contributed by atoms with Gasteiger partial charge in [-0.15, -0.1) is 0 Å². The molecule has 1 N–H and O–H groups in total. The number of nitrogens with zero attached hydrogens (tertiary/aromatic N) is 2. The Kier molecular flexibility index (Phi) is 5.48. The first-order valence-electron chi connectivity index (χ1n) is 8.94. The van der Waals surface area contributed by atoms with Crippen LogP contribution < -0.4 is 19.6 Å². The van der Waals surface area contributed by atoms with Gasteiger partial charge in [0.15, 0.2) is 16.5 Å². The lowest BCUT2D eigenvalue weighted by atomic mass is 10.1. The zero-order valence-corrected chi connectivity index (χ0v) is 17.5. The monoisotopic (exact) mass is 440 g/mol. The summed E-state index contributed by atoms with van der Waals surface area (Å²) in [6.07, 6.45) is 5.08. The summed E-state index contributed by atoms with van der Waals surface area (Å²) in [4.78, 5) is 18.0. The minimum Gasteiger partial charge on any atom is -0.503 e. The maximum Gasteiger partial charge on any atom is 0.274 e. The first-order chi connectivity index (χ1) is 14.5. The van der Waals surface area contributed by atoms with Crippen LogP contribution >= 0.6 is 22.9 Å². The molecule has 0 atom stereocenters. The number of phenols is 1. The molecule has 2 aromatic carbocycles. The van der Waals surface area contributed by atoms with Crippen LogP contribution in [0.3, 0.4) is 0 Å². The minimum atomic E-state index is -0.184. The number of hydrogen-bond donors (Lipinski definition) is 1. The summed E-state index contributed by atoms with van der Waals surface area (Å²) in [5.74, 6) is 0.810. The summed E-state index contributed by atoms with van der Waals surface area (Å²) in [5.41, 5.74) is 2.00. The predicted molar refractivity (Wildman–Crippen MR) is 119 cm³/mol. The van der Waals surface area contributed by atoms with E-state index in [9.17, 15) is 9.90 Å². The van der Waals surface area contributed by atoms with E-state index >= 15 is 0 Å². The molecule has 2 heterocycles. The molecule has 4 rings (SSSR count). The number of ether oxygens (including phenoxy) is 2. The number of fused-ring (bicyclic) bond motifs is 1. The second kappa shape index (κ2) is 8.22. The van der Waals surface area contributed by atoms with E-state index in [-0.39, 0.29) is 22.1 Å². The van der Waals surface area contributed by atoms with Gasteiger partial charge in [0.05, 0.1) is 22.4 Å². The number of methoxy groups -OCH3 is 1. The highest BCUT2D eigenvalue weighted by Gasteiger charge is 2.12. The maximum atomic E-state index is 12.8. The zero-order chi connectivity index (χ0) is 21.3. The van der Waals surface area contributed by atoms with Crippen molar-refractivity contribution >= 4 is 34.0 Å². The molecule has 4 aromatic rings. The lowest BCUT2D eigenvalue weighted by Gasteiger charge is -2.05. The molecule has 0 aliphatic carbocycles. The Morgan fingerprint density at radius 2 is 2.17 bits per heavy atom. The van der Waals surface area contributed by atoms with Crippen molar-refractivity contribution in [3.05, 3.63) is 80.7 Å². The van der Waals surface area contributed by atoms with Crippen molar-refractivity contribution in [2.24, 2.45) is 0 Å². The van der Waals surface area contributed by atoms with Crippen LogP contribution in [-0.2, 0) is 0 Å². The van der Waals surface area contributed by atoms with Gasteiger partial charge in [-0.1, -0.05) is 47.7 Å². The van der Waals surface area contributed by atoms with Crippen molar-refractivity contribution in [1.82, 2.24) is 9.38 Å². The molecule has 0 fully saturated rings. The van der Waals surface area contributed by atoms with E-state index in [1.54, 1.807) is 30.5 Å². The van der Waals surface area contributed by atoms with Gasteiger partial charge in [-0.05, 0) is 35.9 Å². The fourth-order valence-electron chi connectivity index (χ4n) is 2.96. The molecular weight excluding hydrogens is 424 g/mol. The van der Waals surface area contributed by atoms with Crippen molar-refractivity contribution in [3.63, 3.8) is 0 Å². The van der Waals surface area contributed by atoms with E-state index < -0.39 is 0 Å². The van der Waals surface area contributed by atoms with E-state index in [0.29, 0.717) is 33.1 Å². The predicted octanol–water partition coefficient (Wildman–Crippen LogP) is 3.90. The smallest absolute Gasteiger partial charge is 0.274 e. The van der Waals surface area contributed by atoms with Crippen LogP contribution in [0.2, 0.25) is 5.02 Å². The molecule has 0 aliphatic heterocycles. The van der Waals surface area contributed by atoms with Crippen molar-refractivity contribution < 1.29 is 14.6 Å². The first-order valence-corrected chi connectivity index (χ1v) is 10.1. The summed E-state index contributed by atoms with van der Waals surface area (Å²) in [6, 6.07) is 10.7. The van der Waals surface area contributed by atoms with Gasteiger partial charge in [-0.2, -0.15) is 0 Å². The Bertz CT molecular complexity index is 1360. The van der Waals surface area contributed by atoms with Crippen molar-refractivity contribution in [2.75, 3.05) is 13.7 Å². The molecule has 0 bridgehead atoms. The van der Waals surface area contributed by atoms with Crippen molar-refractivity contribution in [2.45, 2.75) is 0 Å². The second-order valence-corrected chi connectivity index (χ2v) is 7.79. The molecule has 0 radical (unpaired) electrons. The van der Waals surface area contributed by atoms with Crippen LogP contribution in [-0.4, -0.2) is 28.2 Å². The van der Waals surface area contributed by atoms with Gasteiger partial charge in [0.25, 0.3) is 5.56 Å². The van der Waals surface area contributed by atoms with E-state index in [0.717, 1.165) is 5.56 Å². The Balaban J connectivity index is 1.73. The molecule has 2 aromatic heterocycles. The summed E-state index contributed by atoms with van der Waals surface area (Å²) in [5, 5.41) is 10.0. The highest BCUT2D eigenvalue weighted by atomic mass is 35.5. The third-order valence-electron chi connectivity index (χ3n) is 4.37. The summed E-state index contributed by atoms with van der Waals surface area (Å²) < 4.78 is 12.7. The van der Waals surface area contributed by atoms with Crippen LogP contribution in [0.25, 0.3) is 22.3 Å². The topological polar surface area (TPSA) is 73.1 Å². The number of benzene rings is 2. The van der Waals surface area contributed by atoms with Gasteiger partial charge in [0.2, 0.25) is 0 Å². The van der Waals surface area contributed by atoms with Gasteiger partial charge < -0.3 is 14.6 Å². The summed E-state index contributed by atoms with van der Waals surface area (Å²) in [7, 11) is 1.44. The van der Waals surface area contributed by atoms with Gasteiger partial charge in [-0.3, -0.25) is 9.20 Å². The standard InChI is InChI=1S/C22H17ClN2O4S/c1-3-7-29-15-6-4-5-14(11-15)17-12-25-21(27)19(30-22(25)24-17)10-13-8-16(23)20(26)18(9-13)28-2/h3-6,8-12,26H,1,7H2,2H3. The number of aromatic hydroxyl groups is 1. The van der Waals surface area contributed by atoms with E-state index in [4.69, 9.17) is 21.1 Å². The summed E-state index contributed by atoms with van der Waals surface area (Å²) in [6.45, 7) is 4.06. The fourth-order valence-corrected chi connectivity index (χ4v) is 4.13. The van der Waals surface area contributed by atoms with E-state index in [1.165, 1.54) is 22.8 Å². The van der Waals surface area contributed by atoms with Crippen LogP contribution in [0.4, 0.5) is 0 Å². The normalized spacial score (nSPS) is 11.7. The first kappa shape index (κ1) is 20.0. The minimum absolute atomic E-state index is 0.136. The number of aromatic nitrogens is 2. The fraction of sp³-hybridized carbons (Fsp3) is 0.0909. The molecule has 0 aliphatic rings. The molecule has 6 nitrogen and oxygen atoms in total. The van der Waals surface area contributed by atoms with Crippen LogP contribution in [0.5, 0.6) is 17.2 Å². The van der Waals surface area contributed by atoms with Gasteiger partial charge in [0, 0.05) is 11.8 Å². The third kappa shape index (κ3) is 3.77. The van der Waals surface area contributed by atoms with Gasteiger partial charge in [-0.25, -0.2) is 4.98 Å². The molecule has 8 heteroatoms. The molecule has 0 unspecified atom stereocenters. The Labute approximate surface area is 180 Å². The van der Waals surface area contributed by atoms with Crippen LogP contribution in [0, 0.1) is 0 Å². The SMILES string of the molecule is C=CCOc1cccc(-c2cn3c(=O)c(=Cc4cc(Cl)c(O)c(OC)c4)sc3n2)c1.